The van der Waals surface area contributed by atoms with E-state index >= 15 is 0 Å². The molecule has 0 aliphatic carbocycles. The van der Waals surface area contributed by atoms with Gasteiger partial charge >= 0.3 is 0 Å². The average molecular weight is 139 g/mol. The molecule has 0 amide bonds. The van der Waals surface area contributed by atoms with Crippen molar-refractivity contribution in [2.24, 2.45) is 11.3 Å². The third kappa shape index (κ3) is 1.30. The molecule has 2 nitrogen and oxygen atoms in total. The number of hydrogen-bond acceptors (Lipinski definition) is 2. The minimum absolute atomic E-state index is 0.198. The Morgan fingerprint density at radius 1 is 1.60 bits per heavy atom. The van der Waals surface area contributed by atoms with Crippen molar-refractivity contribution in [3.8, 4) is 6.07 Å². The lowest BCUT2D eigenvalue weighted by molar-refractivity contribution is 0.164. The maximum atomic E-state index is 8.75. The summed E-state index contributed by atoms with van der Waals surface area (Å²) in [6.45, 7) is 5.55. The molecule has 1 aliphatic rings. The summed E-state index contributed by atoms with van der Waals surface area (Å²) in [7, 11) is 0. The fourth-order valence-electron chi connectivity index (χ4n) is 1.19. The van der Waals surface area contributed by atoms with E-state index in [1.54, 1.807) is 0 Å². The second-order valence-electron chi connectivity index (χ2n) is 3.39. The standard InChI is InChI=1S/C8H13NO/c1-8(2,6-9)7-3-4-10-5-7/h7H,3-5H2,1-2H3/t7-/m0/s1. The summed E-state index contributed by atoms with van der Waals surface area (Å²) in [5.41, 5.74) is -0.198. The van der Waals surface area contributed by atoms with E-state index in [-0.39, 0.29) is 5.41 Å². The molecule has 10 heavy (non-hydrogen) atoms. The van der Waals surface area contributed by atoms with E-state index in [1.165, 1.54) is 0 Å². The number of nitrogens with zero attached hydrogens (tertiary/aromatic N) is 1. The van der Waals surface area contributed by atoms with E-state index in [0.717, 1.165) is 19.6 Å². The Balaban J connectivity index is 2.56. The van der Waals surface area contributed by atoms with Crippen LogP contribution in [0.3, 0.4) is 0 Å². The zero-order valence-corrected chi connectivity index (χ0v) is 6.55. The van der Waals surface area contributed by atoms with Crippen molar-refractivity contribution in [3.63, 3.8) is 0 Å². The molecule has 1 rings (SSSR count). The van der Waals surface area contributed by atoms with E-state index < -0.39 is 0 Å². The van der Waals surface area contributed by atoms with Crippen LogP contribution < -0.4 is 0 Å². The number of nitriles is 1. The highest BCUT2D eigenvalue weighted by molar-refractivity contribution is 4.97. The molecule has 1 atom stereocenters. The van der Waals surface area contributed by atoms with Crippen LogP contribution in [-0.4, -0.2) is 13.2 Å². The Kier molecular flexibility index (Phi) is 1.96. The van der Waals surface area contributed by atoms with Crippen molar-refractivity contribution in [3.05, 3.63) is 0 Å². The molecule has 2 heteroatoms. The monoisotopic (exact) mass is 139 g/mol. The molecule has 0 unspecified atom stereocenters. The van der Waals surface area contributed by atoms with Crippen LogP contribution in [0.5, 0.6) is 0 Å². The fourth-order valence-corrected chi connectivity index (χ4v) is 1.19. The zero-order valence-electron chi connectivity index (χ0n) is 6.55. The summed E-state index contributed by atoms with van der Waals surface area (Å²) in [6, 6.07) is 2.30. The van der Waals surface area contributed by atoms with Crippen LogP contribution in [0, 0.1) is 22.7 Å². The van der Waals surface area contributed by atoms with Crippen molar-refractivity contribution in [1.29, 1.82) is 5.26 Å². The molecule has 0 N–H and O–H groups in total. The maximum absolute atomic E-state index is 8.75. The highest BCUT2D eigenvalue weighted by Gasteiger charge is 2.32. The van der Waals surface area contributed by atoms with Gasteiger partial charge in [-0.1, -0.05) is 0 Å². The van der Waals surface area contributed by atoms with Gasteiger partial charge in [0.25, 0.3) is 0 Å². The van der Waals surface area contributed by atoms with Gasteiger partial charge in [-0.3, -0.25) is 0 Å². The Hall–Kier alpha value is -0.550. The molecule has 1 heterocycles. The van der Waals surface area contributed by atoms with Gasteiger partial charge in [-0.15, -0.1) is 0 Å². The lowest BCUT2D eigenvalue weighted by Crippen LogP contribution is -2.21. The van der Waals surface area contributed by atoms with Crippen molar-refractivity contribution >= 4 is 0 Å². The summed E-state index contributed by atoms with van der Waals surface area (Å²) in [5.74, 6) is 0.442. The van der Waals surface area contributed by atoms with Gasteiger partial charge in [-0.2, -0.15) is 5.26 Å². The fraction of sp³-hybridized carbons (Fsp3) is 0.875. The first-order valence-corrected chi connectivity index (χ1v) is 3.66. The largest absolute Gasteiger partial charge is 0.381 e. The van der Waals surface area contributed by atoms with E-state index in [9.17, 15) is 0 Å². The topological polar surface area (TPSA) is 33.0 Å². The summed E-state index contributed by atoms with van der Waals surface area (Å²) < 4.78 is 5.19. The minimum atomic E-state index is -0.198. The third-order valence-corrected chi connectivity index (χ3v) is 2.24. The molecule has 0 aromatic carbocycles. The van der Waals surface area contributed by atoms with Gasteiger partial charge in [0, 0.05) is 12.5 Å². The van der Waals surface area contributed by atoms with Gasteiger partial charge in [0.05, 0.1) is 18.1 Å². The normalized spacial score (nSPS) is 26.3. The summed E-state index contributed by atoms with van der Waals surface area (Å²) >= 11 is 0. The highest BCUT2D eigenvalue weighted by Crippen LogP contribution is 2.31. The van der Waals surface area contributed by atoms with Crippen LogP contribution in [0.25, 0.3) is 0 Å². The van der Waals surface area contributed by atoms with Gasteiger partial charge in [-0.05, 0) is 20.3 Å². The highest BCUT2D eigenvalue weighted by atomic mass is 16.5. The van der Waals surface area contributed by atoms with Gasteiger partial charge in [0.1, 0.15) is 0 Å². The number of ether oxygens (including phenoxy) is 1. The van der Waals surface area contributed by atoms with Crippen molar-refractivity contribution < 1.29 is 4.74 Å². The Morgan fingerprint density at radius 3 is 2.70 bits per heavy atom. The summed E-state index contributed by atoms with van der Waals surface area (Å²) in [5, 5.41) is 8.75. The van der Waals surface area contributed by atoms with Crippen LogP contribution in [0.15, 0.2) is 0 Å². The van der Waals surface area contributed by atoms with Crippen molar-refractivity contribution in [1.82, 2.24) is 0 Å². The lowest BCUT2D eigenvalue weighted by Gasteiger charge is -2.21. The van der Waals surface area contributed by atoms with E-state index in [1.807, 2.05) is 13.8 Å². The third-order valence-electron chi connectivity index (χ3n) is 2.24. The second-order valence-corrected chi connectivity index (χ2v) is 3.39. The lowest BCUT2D eigenvalue weighted by atomic mass is 9.80. The molecular formula is C8H13NO. The maximum Gasteiger partial charge on any atom is 0.0687 e. The molecule has 0 radical (unpaired) electrons. The first-order chi connectivity index (χ1) is 4.67. The van der Waals surface area contributed by atoms with E-state index in [2.05, 4.69) is 6.07 Å². The minimum Gasteiger partial charge on any atom is -0.381 e. The predicted molar refractivity (Wildman–Crippen MR) is 38.3 cm³/mol. The number of hydrogen-bond donors (Lipinski definition) is 0. The number of rotatable bonds is 1. The quantitative estimate of drug-likeness (QED) is 0.552. The van der Waals surface area contributed by atoms with E-state index in [4.69, 9.17) is 10.00 Å². The molecule has 56 valence electrons. The van der Waals surface area contributed by atoms with E-state index in [0.29, 0.717) is 5.92 Å². The van der Waals surface area contributed by atoms with Crippen LogP contribution in [0.4, 0.5) is 0 Å². The summed E-state index contributed by atoms with van der Waals surface area (Å²) in [6.07, 6.45) is 1.04. The molecule has 0 aromatic heterocycles. The molecule has 1 fully saturated rings. The smallest absolute Gasteiger partial charge is 0.0687 e. The summed E-state index contributed by atoms with van der Waals surface area (Å²) in [4.78, 5) is 0. The molecule has 0 saturated carbocycles. The Morgan fingerprint density at radius 2 is 2.30 bits per heavy atom. The van der Waals surface area contributed by atoms with Gasteiger partial charge in [0.2, 0.25) is 0 Å². The average Bonchev–Trinajstić information content (AvgIpc) is 2.38. The van der Waals surface area contributed by atoms with Gasteiger partial charge in [-0.25, -0.2) is 0 Å². The predicted octanol–water partition coefficient (Wildman–Crippen LogP) is 1.57. The molecular weight excluding hydrogens is 126 g/mol. The van der Waals surface area contributed by atoms with Gasteiger partial charge in [0.15, 0.2) is 0 Å². The first kappa shape index (κ1) is 7.56. The van der Waals surface area contributed by atoms with Crippen molar-refractivity contribution in [2.75, 3.05) is 13.2 Å². The van der Waals surface area contributed by atoms with Crippen LogP contribution >= 0.6 is 0 Å². The Bertz CT molecular complexity index is 151. The van der Waals surface area contributed by atoms with Crippen LogP contribution in [0.1, 0.15) is 20.3 Å². The zero-order chi connectivity index (χ0) is 7.61. The Labute approximate surface area is 61.8 Å². The molecule has 0 aromatic rings. The SMILES string of the molecule is CC(C)(C#N)[C@H]1CCOC1. The molecule has 1 aliphatic heterocycles. The van der Waals surface area contributed by atoms with Crippen LogP contribution in [0.2, 0.25) is 0 Å². The van der Waals surface area contributed by atoms with Crippen LogP contribution in [-0.2, 0) is 4.74 Å². The molecule has 1 saturated heterocycles. The second kappa shape index (κ2) is 2.59. The molecule has 0 spiro atoms. The molecule has 0 bridgehead atoms. The first-order valence-electron chi connectivity index (χ1n) is 3.66. The van der Waals surface area contributed by atoms with Gasteiger partial charge < -0.3 is 4.74 Å². The van der Waals surface area contributed by atoms with Crippen molar-refractivity contribution in [2.45, 2.75) is 20.3 Å².